The summed E-state index contributed by atoms with van der Waals surface area (Å²) in [5.41, 5.74) is 0. The molecule has 0 rings (SSSR count). The molecule has 0 aromatic rings. The first-order valence-electron chi connectivity index (χ1n) is 4.03. The third kappa shape index (κ3) is 13.0. The number of carbonyl (C=O) groups is 1. The van der Waals surface area contributed by atoms with Gasteiger partial charge in [-0.3, -0.25) is 0 Å². The van der Waals surface area contributed by atoms with Gasteiger partial charge in [-0.25, -0.2) is 0 Å². The van der Waals surface area contributed by atoms with E-state index in [2.05, 4.69) is 4.52 Å². The number of carbonyl (C=O) groups excluding carboxylic acids is 1. The van der Waals surface area contributed by atoms with E-state index in [1.165, 1.54) is 0 Å². The monoisotopic (exact) mass is 322 g/mol. The average molecular weight is 322 g/mol. The Hall–Kier alpha value is 1.58. The van der Waals surface area contributed by atoms with Crippen LogP contribution in [0, 0.1) is 0 Å². The van der Waals surface area contributed by atoms with Gasteiger partial charge < -0.3 is 49.6 Å². The molecule has 0 bridgehead atoms. The van der Waals surface area contributed by atoms with E-state index in [4.69, 9.17) is 20.4 Å². The Kier molecular flexibility index (Phi) is 20.0. The number of aliphatic hydroxyl groups is 4. The summed E-state index contributed by atoms with van der Waals surface area (Å²) in [6.07, 6.45) is -8.04. The predicted molar refractivity (Wildman–Crippen MR) is 47.3 cm³/mol. The van der Waals surface area contributed by atoms with E-state index < -0.39 is 38.8 Å². The Bertz CT molecular complexity index is 273. The molecule has 0 radical (unpaired) electrons. The van der Waals surface area contributed by atoms with Gasteiger partial charge >= 0.3 is 59.1 Å². The topological polar surface area (TPSA) is 202 Å². The molecule has 0 saturated heterocycles. The largest absolute Gasteiger partial charge is 1.00 e. The zero-order chi connectivity index (χ0) is 12.9. The fraction of sp³-hybridized carbons (Fsp3) is 0.833. The number of phosphoric ester groups is 1. The van der Waals surface area contributed by atoms with Gasteiger partial charge in [0.05, 0.1) is 14.4 Å². The van der Waals surface area contributed by atoms with Gasteiger partial charge in [0.1, 0.15) is 24.4 Å². The van der Waals surface area contributed by atoms with Crippen LogP contribution in [0.4, 0.5) is 0 Å². The summed E-state index contributed by atoms with van der Waals surface area (Å²) in [4.78, 5) is 30.0. The molecule has 4 atom stereocenters. The molecule has 0 spiro atoms. The third-order valence-corrected chi connectivity index (χ3v) is 2.10. The van der Waals surface area contributed by atoms with Crippen LogP contribution in [0.5, 0.6) is 0 Å². The van der Waals surface area contributed by atoms with Crippen LogP contribution in [0.15, 0.2) is 0 Å². The third-order valence-electron chi connectivity index (χ3n) is 1.64. The van der Waals surface area contributed by atoms with Gasteiger partial charge in [-0.1, -0.05) is 0 Å². The van der Waals surface area contributed by atoms with Crippen LogP contribution < -0.4 is 68.9 Å². The number of phosphoric acid groups is 1. The van der Waals surface area contributed by atoms with E-state index in [1.807, 2.05) is 0 Å². The second-order valence-electron chi connectivity index (χ2n) is 2.92. The summed E-state index contributed by atoms with van der Waals surface area (Å²) in [5.74, 6) is 0. The minimum atomic E-state index is -5.30. The molecule has 19 heavy (non-hydrogen) atoms. The van der Waals surface area contributed by atoms with E-state index in [9.17, 15) is 19.1 Å². The molecule has 0 aromatic heterocycles. The molecule has 0 aromatic carbocycles. The van der Waals surface area contributed by atoms with Gasteiger partial charge in [0.15, 0.2) is 6.29 Å². The first-order valence-corrected chi connectivity index (χ1v) is 5.49. The molecule has 0 aliphatic heterocycles. The number of aliphatic hydroxyl groups excluding tert-OH is 4. The van der Waals surface area contributed by atoms with Gasteiger partial charge in [-0.2, -0.15) is 0 Å². The maximum Gasteiger partial charge on any atom is 1.00 e. The molecule has 6 N–H and O–H groups in total. The van der Waals surface area contributed by atoms with E-state index in [-0.39, 0.29) is 70.9 Å². The van der Waals surface area contributed by atoms with Crippen LogP contribution in [0.3, 0.4) is 0 Å². The number of hydrogen-bond acceptors (Lipinski definition) is 9. The van der Waals surface area contributed by atoms with Gasteiger partial charge in [0, 0.05) is 0 Å². The van der Waals surface area contributed by atoms with Gasteiger partial charge in [0.2, 0.25) is 0 Å². The van der Waals surface area contributed by atoms with E-state index in [0.29, 0.717) is 0 Å². The quantitative estimate of drug-likeness (QED) is 0.199. The van der Waals surface area contributed by atoms with Crippen molar-refractivity contribution in [3.8, 4) is 0 Å². The predicted octanol–water partition coefficient (Wildman–Crippen LogP) is -11.3. The molecule has 0 aliphatic rings. The summed E-state index contributed by atoms with van der Waals surface area (Å²) in [6, 6.07) is 0. The van der Waals surface area contributed by atoms with Crippen LogP contribution >= 0.6 is 7.82 Å². The molecule has 104 valence electrons. The van der Waals surface area contributed by atoms with E-state index in [0.717, 1.165) is 0 Å². The fourth-order valence-electron chi connectivity index (χ4n) is 0.776. The minimum Gasteiger partial charge on any atom is -0.790 e. The van der Waals surface area contributed by atoms with E-state index in [1.54, 1.807) is 0 Å². The minimum absolute atomic E-state index is 0. The van der Waals surface area contributed by atoms with Crippen molar-refractivity contribution in [3.63, 3.8) is 0 Å². The van der Waals surface area contributed by atoms with Crippen molar-refractivity contribution in [2.24, 2.45) is 0 Å². The zero-order valence-corrected chi connectivity index (χ0v) is 15.3. The molecular weight excluding hydrogens is 309 g/mol. The molecular formula is C6H13Na2O10P. The SMILES string of the molecule is O.O=C[C@H](O)[C@@H](O)[C@H](O)[C@@H](O)COP(=O)([O-])[O-].[Na+].[Na+]. The number of aldehydes is 1. The Labute approximate surface area is 152 Å². The van der Waals surface area contributed by atoms with Crippen molar-refractivity contribution in [1.82, 2.24) is 0 Å². The van der Waals surface area contributed by atoms with E-state index >= 15 is 0 Å². The standard InChI is InChI=1S/C6H13O9P.2Na.H2O/c7-1-3(8)5(10)6(11)4(9)2-15-16(12,13)14;;;/h1,3-6,8-11H,2H2,(H2,12,13,14);;;1H2/q;2*+1;/p-2/t3-,4-,5+,6+;;;/m0.../s1. The van der Waals surface area contributed by atoms with Crippen LogP contribution in [0.2, 0.25) is 0 Å². The Morgan fingerprint density at radius 1 is 1.11 bits per heavy atom. The first kappa shape index (κ1) is 28.7. The van der Waals surface area contributed by atoms with Crippen molar-refractivity contribution in [1.29, 1.82) is 0 Å². The maximum absolute atomic E-state index is 10.0. The molecule has 0 unspecified atom stereocenters. The molecule has 10 nitrogen and oxygen atoms in total. The molecule has 0 amide bonds. The Morgan fingerprint density at radius 2 is 1.53 bits per heavy atom. The van der Waals surface area contributed by atoms with Crippen molar-refractivity contribution in [2.75, 3.05) is 6.61 Å². The number of hydrogen-bond donors (Lipinski definition) is 4. The van der Waals surface area contributed by atoms with Crippen LogP contribution in [-0.2, 0) is 13.9 Å². The second kappa shape index (κ2) is 13.3. The summed E-state index contributed by atoms with van der Waals surface area (Å²) >= 11 is 0. The average Bonchev–Trinajstić information content (AvgIpc) is 2.21. The van der Waals surface area contributed by atoms with Crippen LogP contribution in [0.25, 0.3) is 0 Å². The van der Waals surface area contributed by atoms with Crippen molar-refractivity contribution < 1.29 is 109 Å². The molecule has 0 saturated carbocycles. The smallest absolute Gasteiger partial charge is 0.790 e. The molecule has 0 aliphatic carbocycles. The van der Waals surface area contributed by atoms with Gasteiger partial charge in [0.25, 0.3) is 0 Å². The molecule has 0 heterocycles. The van der Waals surface area contributed by atoms with Gasteiger partial charge in [-0.05, 0) is 0 Å². The van der Waals surface area contributed by atoms with Crippen LogP contribution in [-0.4, -0.2) is 63.2 Å². The summed E-state index contributed by atoms with van der Waals surface area (Å²) < 4.78 is 13.6. The summed E-state index contributed by atoms with van der Waals surface area (Å²) in [7, 11) is -5.30. The normalized spacial score (nSPS) is 16.7. The fourth-order valence-corrected chi connectivity index (χ4v) is 1.11. The number of rotatable bonds is 7. The summed E-state index contributed by atoms with van der Waals surface area (Å²) in [5, 5.41) is 35.9. The summed E-state index contributed by atoms with van der Waals surface area (Å²) in [6.45, 7) is -1.09. The Morgan fingerprint density at radius 3 is 1.84 bits per heavy atom. The van der Waals surface area contributed by atoms with Crippen LogP contribution in [0.1, 0.15) is 0 Å². The van der Waals surface area contributed by atoms with Gasteiger partial charge in [-0.15, -0.1) is 0 Å². The Balaban J connectivity index is -0.000000375. The molecule has 13 heteroatoms. The zero-order valence-electron chi connectivity index (χ0n) is 10.4. The first-order chi connectivity index (χ1) is 7.19. The maximum atomic E-state index is 10.0. The van der Waals surface area contributed by atoms with Crippen molar-refractivity contribution in [2.45, 2.75) is 24.4 Å². The second-order valence-corrected chi connectivity index (χ2v) is 4.07. The van der Waals surface area contributed by atoms with Crippen molar-refractivity contribution >= 4 is 14.1 Å². The van der Waals surface area contributed by atoms with Crippen molar-refractivity contribution in [3.05, 3.63) is 0 Å². The molecule has 0 fully saturated rings.